The van der Waals surface area contributed by atoms with E-state index in [9.17, 15) is 4.79 Å². The Labute approximate surface area is 73.5 Å². The Bertz CT molecular complexity index is 197. The second-order valence-electron chi connectivity index (χ2n) is 2.89. The van der Waals surface area contributed by atoms with E-state index in [-0.39, 0.29) is 6.04 Å². The molecular formula is C9H17NO2. The van der Waals surface area contributed by atoms with Gasteiger partial charge in [-0.25, -0.2) is 4.79 Å². The molecule has 0 aromatic heterocycles. The zero-order chi connectivity index (χ0) is 9.72. The summed E-state index contributed by atoms with van der Waals surface area (Å²) in [5.74, 6) is -0.836. The number of nitrogens with one attached hydrogen (secondary N) is 1. The van der Waals surface area contributed by atoms with Crippen molar-refractivity contribution in [2.75, 3.05) is 6.54 Å². The number of hydrogen-bond acceptors (Lipinski definition) is 2. The monoisotopic (exact) mass is 171 g/mol. The highest BCUT2D eigenvalue weighted by Gasteiger charge is 2.09. The van der Waals surface area contributed by atoms with Crippen LogP contribution >= 0.6 is 0 Å². The summed E-state index contributed by atoms with van der Waals surface area (Å²) in [6.45, 7) is 8.29. The molecule has 0 aromatic rings. The molecule has 0 amide bonds. The third-order valence-electron chi connectivity index (χ3n) is 2.07. The third-order valence-corrected chi connectivity index (χ3v) is 2.07. The molecule has 0 aliphatic carbocycles. The molecule has 1 unspecified atom stereocenters. The molecule has 1 atom stereocenters. The van der Waals surface area contributed by atoms with E-state index in [1.165, 1.54) is 0 Å². The number of carboxylic acids is 1. The number of rotatable bonds is 4. The average Bonchev–Trinajstić information content (AvgIpc) is 2.02. The standard InChI is InChI=1S/C9H17NO2/c1-5-10-8(4)6(2)7(3)9(11)12/h8,10H,5H2,1-4H3,(H,11,12)/b7-6-. The molecule has 0 saturated carbocycles. The fourth-order valence-electron chi connectivity index (χ4n) is 0.953. The summed E-state index contributed by atoms with van der Waals surface area (Å²) in [7, 11) is 0. The molecule has 0 aliphatic heterocycles. The van der Waals surface area contributed by atoms with E-state index >= 15 is 0 Å². The van der Waals surface area contributed by atoms with Crippen molar-refractivity contribution >= 4 is 5.97 Å². The van der Waals surface area contributed by atoms with Crippen molar-refractivity contribution in [2.45, 2.75) is 33.7 Å². The molecule has 0 aliphatic rings. The maximum Gasteiger partial charge on any atom is 0.331 e. The van der Waals surface area contributed by atoms with Gasteiger partial charge in [0.15, 0.2) is 0 Å². The van der Waals surface area contributed by atoms with Crippen LogP contribution in [0, 0.1) is 0 Å². The Kier molecular flexibility index (Phi) is 4.59. The van der Waals surface area contributed by atoms with Gasteiger partial charge in [0, 0.05) is 11.6 Å². The van der Waals surface area contributed by atoms with Gasteiger partial charge in [-0.1, -0.05) is 6.92 Å². The summed E-state index contributed by atoms with van der Waals surface area (Å²) in [6, 6.07) is 0.145. The lowest BCUT2D eigenvalue weighted by molar-refractivity contribution is -0.132. The maximum atomic E-state index is 10.6. The molecule has 0 bridgehead atoms. The van der Waals surface area contributed by atoms with Crippen LogP contribution < -0.4 is 5.32 Å². The highest BCUT2D eigenvalue weighted by Crippen LogP contribution is 2.07. The van der Waals surface area contributed by atoms with Crippen LogP contribution in [-0.2, 0) is 4.79 Å². The maximum absolute atomic E-state index is 10.6. The summed E-state index contributed by atoms with van der Waals surface area (Å²) in [4.78, 5) is 10.6. The molecule has 0 saturated heterocycles. The first-order chi connectivity index (χ1) is 5.50. The quantitative estimate of drug-likeness (QED) is 0.629. The van der Waals surface area contributed by atoms with Crippen molar-refractivity contribution in [2.24, 2.45) is 0 Å². The molecule has 0 spiro atoms. The SMILES string of the molecule is CCNC(C)/C(C)=C(/C)C(=O)O. The Hall–Kier alpha value is -0.830. The zero-order valence-electron chi connectivity index (χ0n) is 8.14. The first-order valence-corrected chi connectivity index (χ1v) is 4.14. The van der Waals surface area contributed by atoms with E-state index in [1.807, 2.05) is 20.8 Å². The molecule has 0 radical (unpaired) electrons. The summed E-state index contributed by atoms with van der Waals surface area (Å²) < 4.78 is 0. The second kappa shape index (κ2) is 4.93. The lowest BCUT2D eigenvalue weighted by atomic mass is 10.1. The molecule has 0 fully saturated rings. The van der Waals surface area contributed by atoms with Gasteiger partial charge in [-0.05, 0) is 32.9 Å². The molecule has 70 valence electrons. The van der Waals surface area contributed by atoms with Crippen LogP contribution in [0.3, 0.4) is 0 Å². The number of carboxylic acid groups (broad SMARTS) is 1. The summed E-state index contributed by atoms with van der Waals surface area (Å²) in [5, 5.41) is 11.8. The zero-order valence-corrected chi connectivity index (χ0v) is 8.14. The summed E-state index contributed by atoms with van der Waals surface area (Å²) >= 11 is 0. The van der Waals surface area contributed by atoms with Crippen molar-refractivity contribution in [1.29, 1.82) is 0 Å². The highest BCUT2D eigenvalue weighted by molar-refractivity contribution is 5.86. The van der Waals surface area contributed by atoms with Crippen LogP contribution in [0.2, 0.25) is 0 Å². The van der Waals surface area contributed by atoms with Crippen molar-refractivity contribution in [3.8, 4) is 0 Å². The van der Waals surface area contributed by atoms with Crippen LogP contribution in [0.1, 0.15) is 27.7 Å². The van der Waals surface area contributed by atoms with Crippen LogP contribution in [0.5, 0.6) is 0 Å². The van der Waals surface area contributed by atoms with E-state index in [4.69, 9.17) is 5.11 Å². The molecular weight excluding hydrogens is 154 g/mol. The summed E-state index contributed by atoms with van der Waals surface area (Å²) in [5.41, 5.74) is 1.33. The van der Waals surface area contributed by atoms with E-state index < -0.39 is 5.97 Å². The molecule has 0 rings (SSSR count). The van der Waals surface area contributed by atoms with Gasteiger partial charge < -0.3 is 10.4 Å². The smallest absolute Gasteiger partial charge is 0.331 e. The van der Waals surface area contributed by atoms with E-state index in [0.29, 0.717) is 5.57 Å². The minimum atomic E-state index is -0.836. The number of carbonyl (C=O) groups is 1. The fourth-order valence-corrected chi connectivity index (χ4v) is 0.953. The van der Waals surface area contributed by atoms with Crippen LogP contribution in [0.4, 0.5) is 0 Å². The molecule has 3 heteroatoms. The topological polar surface area (TPSA) is 49.3 Å². The molecule has 3 nitrogen and oxygen atoms in total. The molecule has 0 heterocycles. The van der Waals surface area contributed by atoms with Crippen molar-refractivity contribution < 1.29 is 9.90 Å². The molecule has 0 aromatic carbocycles. The Morgan fingerprint density at radius 1 is 1.50 bits per heavy atom. The lowest BCUT2D eigenvalue weighted by Crippen LogP contribution is -2.28. The number of aliphatic carboxylic acids is 1. The van der Waals surface area contributed by atoms with Crippen molar-refractivity contribution in [3.05, 3.63) is 11.1 Å². The normalized spacial score (nSPS) is 15.3. The minimum Gasteiger partial charge on any atom is -0.478 e. The fraction of sp³-hybridized carbons (Fsp3) is 0.667. The Morgan fingerprint density at radius 3 is 2.33 bits per heavy atom. The predicted molar refractivity (Wildman–Crippen MR) is 49.1 cm³/mol. The van der Waals surface area contributed by atoms with Gasteiger partial charge >= 0.3 is 5.97 Å². The van der Waals surface area contributed by atoms with E-state index in [2.05, 4.69) is 5.32 Å². The van der Waals surface area contributed by atoms with Gasteiger partial charge in [-0.3, -0.25) is 0 Å². The van der Waals surface area contributed by atoms with Crippen LogP contribution in [0.25, 0.3) is 0 Å². The first kappa shape index (κ1) is 11.2. The van der Waals surface area contributed by atoms with Gasteiger partial charge in [0.2, 0.25) is 0 Å². The van der Waals surface area contributed by atoms with Gasteiger partial charge in [0.1, 0.15) is 0 Å². The van der Waals surface area contributed by atoms with Gasteiger partial charge in [0.25, 0.3) is 0 Å². The molecule has 12 heavy (non-hydrogen) atoms. The van der Waals surface area contributed by atoms with E-state index in [0.717, 1.165) is 12.1 Å². The average molecular weight is 171 g/mol. The Morgan fingerprint density at radius 2 is 2.00 bits per heavy atom. The van der Waals surface area contributed by atoms with Crippen LogP contribution in [-0.4, -0.2) is 23.7 Å². The van der Waals surface area contributed by atoms with E-state index in [1.54, 1.807) is 6.92 Å². The van der Waals surface area contributed by atoms with Crippen molar-refractivity contribution in [3.63, 3.8) is 0 Å². The first-order valence-electron chi connectivity index (χ1n) is 4.14. The van der Waals surface area contributed by atoms with Gasteiger partial charge in [-0.15, -0.1) is 0 Å². The summed E-state index contributed by atoms with van der Waals surface area (Å²) in [6.07, 6.45) is 0. The lowest BCUT2D eigenvalue weighted by Gasteiger charge is -2.14. The molecule has 2 N–H and O–H groups in total. The second-order valence-corrected chi connectivity index (χ2v) is 2.89. The van der Waals surface area contributed by atoms with Gasteiger partial charge in [0.05, 0.1) is 0 Å². The number of likely N-dealkylation sites (N-methyl/N-ethyl adjacent to an activating group) is 1. The number of hydrogen-bond donors (Lipinski definition) is 2. The Balaban J connectivity index is 4.43. The van der Waals surface area contributed by atoms with Gasteiger partial charge in [-0.2, -0.15) is 0 Å². The largest absolute Gasteiger partial charge is 0.478 e. The van der Waals surface area contributed by atoms with Crippen LogP contribution in [0.15, 0.2) is 11.1 Å². The highest BCUT2D eigenvalue weighted by atomic mass is 16.4. The predicted octanol–water partition coefficient (Wildman–Crippen LogP) is 1.41. The third kappa shape index (κ3) is 3.05. The van der Waals surface area contributed by atoms with Crippen molar-refractivity contribution in [1.82, 2.24) is 5.32 Å². The minimum absolute atomic E-state index is 0.145.